The van der Waals surface area contributed by atoms with Crippen molar-refractivity contribution in [1.82, 2.24) is 0 Å². The Morgan fingerprint density at radius 2 is 0.609 bits per heavy atom. The second-order valence-electron chi connectivity index (χ2n) is 19.5. The molecule has 378 valence electrons. The van der Waals surface area contributed by atoms with Crippen LogP contribution >= 0.6 is 0 Å². The lowest BCUT2D eigenvalue weighted by atomic mass is 10.0. The Kier molecular flexibility index (Phi) is 54.3. The molecule has 0 rings (SSSR count). The molecule has 0 saturated carbocycles. The van der Waals surface area contributed by atoms with E-state index in [1.165, 1.54) is 250 Å². The molecule has 0 bridgehead atoms. The summed E-state index contributed by atoms with van der Waals surface area (Å²) in [5, 5.41) is 0. The van der Waals surface area contributed by atoms with Crippen LogP contribution in [0.5, 0.6) is 0 Å². The Hall–Kier alpha value is -1.62. The van der Waals surface area contributed by atoms with Crippen LogP contribution in [0.2, 0.25) is 0 Å². The van der Waals surface area contributed by atoms with Gasteiger partial charge in [0.25, 0.3) is 0 Å². The average molecular weight is 902 g/mol. The summed E-state index contributed by atoms with van der Waals surface area (Å²) in [6.45, 7) is 7.87. The van der Waals surface area contributed by atoms with Crippen molar-refractivity contribution < 1.29 is 23.8 Å². The molecule has 0 aromatic rings. The van der Waals surface area contributed by atoms with Gasteiger partial charge in [-0.05, 0) is 70.6 Å². The first-order valence-corrected chi connectivity index (χ1v) is 28.9. The molecular formula is C59H112O5. The summed E-state index contributed by atoms with van der Waals surface area (Å²) < 4.78 is 17.5. The van der Waals surface area contributed by atoms with Gasteiger partial charge in [0.1, 0.15) is 6.61 Å². The standard InChI is InChI=1S/C59H112O5/c1-4-7-10-13-16-19-22-25-28-30-32-35-38-41-44-47-50-53-59(61)64-57(55-62-54-51-48-45-42-39-36-33-29-26-23-20-17-14-11-8-5-2)56-63-58(60)52-49-46-43-40-37-34-31-27-24-21-18-15-12-9-6-3/h21,24-25,28,57H,4-20,22-23,26-27,29-56H2,1-3H3/b24-21-,28-25-/t57-/m1/s1. The van der Waals surface area contributed by atoms with Crippen LogP contribution in [-0.2, 0) is 23.8 Å². The van der Waals surface area contributed by atoms with Gasteiger partial charge in [0, 0.05) is 19.4 Å². The van der Waals surface area contributed by atoms with Gasteiger partial charge < -0.3 is 14.2 Å². The maximum absolute atomic E-state index is 12.9. The van der Waals surface area contributed by atoms with E-state index in [1.807, 2.05) is 0 Å². The van der Waals surface area contributed by atoms with Crippen molar-refractivity contribution >= 4 is 11.9 Å². The fourth-order valence-electron chi connectivity index (χ4n) is 8.62. The summed E-state index contributed by atoms with van der Waals surface area (Å²) in [6, 6.07) is 0. The normalized spacial score (nSPS) is 12.2. The highest BCUT2D eigenvalue weighted by Crippen LogP contribution is 2.16. The van der Waals surface area contributed by atoms with Gasteiger partial charge in [0.2, 0.25) is 0 Å². The van der Waals surface area contributed by atoms with E-state index in [0.717, 1.165) is 32.1 Å². The number of esters is 2. The van der Waals surface area contributed by atoms with Crippen molar-refractivity contribution in [3.63, 3.8) is 0 Å². The van der Waals surface area contributed by atoms with Gasteiger partial charge in [-0.15, -0.1) is 0 Å². The smallest absolute Gasteiger partial charge is 0.306 e. The maximum Gasteiger partial charge on any atom is 0.306 e. The minimum Gasteiger partial charge on any atom is -0.462 e. The van der Waals surface area contributed by atoms with E-state index in [0.29, 0.717) is 26.1 Å². The number of allylic oxidation sites excluding steroid dienone is 4. The molecule has 0 unspecified atom stereocenters. The van der Waals surface area contributed by atoms with Crippen molar-refractivity contribution in [3.8, 4) is 0 Å². The first-order valence-electron chi connectivity index (χ1n) is 28.9. The molecule has 1 atom stereocenters. The molecule has 0 aliphatic carbocycles. The fourth-order valence-corrected chi connectivity index (χ4v) is 8.62. The zero-order valence-corrected chi connectivity index (χ0v) is 43.6. The number of unbranched alkanes of at least 4 members (excludes halogenated alkanes) is 39. The van der Waals surface area contributed by atoms with Crippen LogP contribution in [0.4, 0.5) is 0 Å². The number of hydrogen-bond acceptors (Lipinski definition) is 5. The molecule has 0 aromatic heterocycles. The molecule has 0 spiro atoms. The van der Waals surface area contributed by atoms with Crippen LogP contribution < -0.4 is 0 Å². The van der Waals surface area contributed by atoms with Crippen LogP contribution in [0.3, 0.4) is 0 Å². The summed E-state index contributed by atoms with van der Waals surface area (Å²) in [5.74, 6) is -0.386. The molecule has 0 aliphatic heterocycles. The zero-order valence-electron chi connectivity index (χ0n) is 43.6. The highest BCUT2D eigenvalue weighted by atomic mass is 16.6. The topological polar surface area (TPSA) is 61.8 Å². The van der Waals surface area contributed by atoms with Crippen molar-refractivity contribution in [1.29, 1.82) is 0 Å². The lowest BCUT2D eigenvalue weighted by molar-refractivity contribution is -0.163. The average Bonchev–Trinajstić information content (AvgIpc) is 3.30. The summed E-state index contributed by atoms with van der Waals surface area (Å²) >= 11 is 0. The van der Waals surface area contributed by atoms with Gasteiger partial charge in [-0.2, -0.15) is 0 Å². The fraction of sp³-hybridized carbons (Fsp3) is 0.898. The quantitative estimate of drug-likeness (QED) is 0.0346. The molecule has 0 fully saturated rings. The molecule has 0 N–H and O–H groups in total. The first-order chi connectivity index (χ1) is 31.6. The highest BCUT2D eigenvalue weighted by Gasteiger charge is 2.17. The monoisotopic (exact) mass is 901 g/mol. The number of rotatable bonds is 54. The number of carbonyl (C=O) groups is 2. The van der Waals surface area contributed by atoms with E-state index < -0.39 is 6.10 Å². The van der Waals surface area contributed by atoms with Crippen LogP contribution in [0.25, 0.3) is 0 Å². The number of ether oxygens (including phenoxy) is 3. The van der Waals surface area contributed by atoms with Crippen molar-refractivity contribution in [2.45, 2.75) is 322 Å². The van der Waals surface area contributed by atoms with E-state index in [2.05, 4.69) is 45.1 Å². The van der Waals surface area contributed by atoms with Crippen LogP contribution in [0.15, 0.2) is 24.3 Å². The van der Waals surface area contributed by atoms with E-state index in [4.69, 9.17) is 14.2 Å². The predicted octanol–water partition coefficient (Wildman–Crippen LogP) is 19.6. The summed E-state index contributed by atoms with van der Waals surface area (Å²) in [4.78, 5) is 25.5. The van der Waals surface area contributed by atoms with Crippen molar-refractivity contribution in [3.05, 3.63) is 24.3 Å². The lowest BCUT2D eigenvalue weighted by Crippen LogP contribution is -2.30. The number of carbonyl (C=O) groups excluding carboxylic acids is 2. The van der Waals surface area contributed by atoms with Gasteiger partial charge in [0.05, 0.1) is 6.61 Å². The van der Waals surface area contributed by atoms with Crippen LogP contribution in [0.1, 0.15) is 316 Å². The molecule has 0 amide bonds. The second-order valence-corrected chi connectivity index (χ2v) is 19.5. The third kappa shape index (κ3) is 53.0. The Morgan fingerprint density at radius 1 is 0.328 bits per heavy atom. The maximum atomic E-state index is 12.9. The van der Waals surface area contributed by atoms with E-state index >= 15 is 0 Å². The molecule has 5 nitrogen and oxygen atoms in total. The van der Waals surface area contributed by atoms with Gasteiger partial charge in [-0.25, -0.2) is 0 Å². The van der Waals surface area contributed by atoms with E-state index in [-0.39, 0.29) is 18.5 Å². The van der Waals surface area contributed by atoms with Gasteiger partial charge in [-0.1, -0.05) is 257 Å². The molecule has 0 heterocycles. The Bertz CT molecular complexity index is 974. The molecule has 0 aromatic carbocycles. The Balaban J connectivity index is 4.23. The molecule has 64 heavy (non-hydrogen) atoms. The Labute approximate surface area is 400 Å². The Morgan fingerprint density at radius 3 is 0.969 bits per heavy atom. The van der Waals surface area contributed by atoms with Crippen molar-refractivity contribution in [2.24, 2.45) is 0 Å². The molecule has 0 saturated heterocycles. The summed E-state index contributed by atoms with van der Waals surface area (Å²) in [7, 11) is 0. The molecule has 0 aliphatic rings. The molecule has 0 radical (unpaired) electrons. The SMILES string of the molecule is CCCCCC/C=C\CCCCCCCCCC(=O)OC[C@@H](COCCCCCCCCCCCCCCCCCC)OC(=O)CCCCCCCCC/C=C\CCCCCCCC. The zero-order chi connectivity index (χ0) is 46.3. The summed E-state index contributed by atoms with van der Waals surface area (Å²) in [5.41, 5.74) is 0. The lowest BCUT2D eigenvalue weighted by Gasteiger charge is -2.18. The van der Waals surface area contributed by atoms with Crippen LogP contribution in [0, 0.1) is 0 Å². The van der Waals surface area contributed by atoms with Gasteiger partial charge >= 0.3 is 11.9 Å². The van der Waals surface area contributed by atoms with Gasteiger partial charge in [0.15, 0.2) is 6.10 Å². The van der Waals surface area contributed by atoms with E-state index in [9.17, 15) is 9.59 Å². The second kappa shape index (κ2) is 55.7. The predicted molar refractivity (Wildman–Crippen MR) is 279 cm³/mol. The number of hydrogen-bond donors (Lipinski definition) is 0. The minimum atomic E-state index is -0.534. The largest absolute Gasteiger partial charge is 0.462 e. The first kappa shape index (κ1) is 62.4. The van der Waals surface area contributed by atoms with Crippen LogP contribution in [-0.4, -0.2) is 37.9 Å². The molecule has 5 heteroatoms. The third-order valence-electron chi connectivity index (χ3n) is 13.0. The van der Waals surface area contributed by atoms with Gasteiger partial charge in [-0.3, -0.25) is 9.59 Å². The molecular weight excluding hydrogens is 789 g/mol. The third-order valence-corrected chi connectivity index (χ3v) is 13.0. The van der Waals surface area contributed by atoms with Crippen molar-refractivity contribution in [2.75, 3.05) is 19.8 Å². The van der Waals surface area contributed by atoms with E-state index in [1.54, 1.807) is 0 Å². The highest BCUT2D eigenvalue weighted by molar-refractivity contribution is 5.70. The summed E-state index contributed by atoms with van der Waals surface area (Å²) in [6.07, 6.45) is 66.2. The minimum absolute atomic E-state index is 0.0882.